The highest BCUT2D eigenvalue weighted by Crippen LogP contribution is 2.26. The van der Waals surface area contributed by atoms with Crippen LogP contribution in [0.4, 0.5) is 0 Å². The molecule has 2 rings (SSSR count). The summed E-state index contributed by atoms with van der Waals surface area (Å²) in [6, 6.07) is 12.3. The van der Waals surface area contributed by atoms with Crippen LogP contribution in [0.1, 0.15) is 12.0 Å². The van der Waals surface area contributed by atoms with Crippen LogP contribution in [0.5, 0.6) is 0 Å². The van der Waals surface area contributed by atoms with Crippen LogP contribution >= 0.6 is 11.6 Å². The normalized spacial score (nSPS) is 10.7. The van der Waals surface area contributed by atoms with Gasteiger partial charge in [-0.2, -0.15) is 0 Å². The second-order valence-corrected chi connectivity index (χ2v) is 3.76. The Balaban J connectivity index is 2.68. The lowest BCUT2D eigenvalue weighted by molar-refractivity contribution is 1.01. The molecule has 2 aromatic carbocycles. The van der Waals surface area contributed by atoms with Crippen LogP contribution < -0.4 is 0 Å². The van der Waals surface area contributed by atoms with Crippen LogP contribution in [0.3, 0.4) is 0 Å². The highest BCUT2D eigenvalue weighted by atomic mass is 35.5. The molecule has 0 N–H and O–H groups in total. The summed E-state index contributed by atoms with van der Waals surface area (Å²) in [6.45, 7) is 3.88. The first-order valence-electron chi connectivity index (χ1n) is 4.78. The van der Waals surface area contributed by atoms with Gasteiger partial charge in [0, 0.05) is 10.4 Å². The topological polar surface area (TPSA) is 0 Å². The highest BCUT2D eigenvalue weighted by molar-refractivity contribution is 6.35. The molecule has 0 nitrogen and oxygen atoms in total. The zero-order valence-corrected chi connectivity index (χ0v) is 8.72. The zero-order chi connectivity index (χ0) is 9.97. The zero-order valence-electron chi connectivity index (χ0n) is 7.96. The van der Waals surface area contributed by atoms with Gasteiger partial charge in [0.15, 0.2) is 0 Å². The molecule has 0 atom stereocenters. The molecule has 1 radical (unpaired) electrons. The molecular weight excluding hydrogens is 192 g/mol. The van der Waals surface area contributed by atoms with E-state index in [1.165, 1.54) is 10.9 Å². The van der Waals surface area contributed by atoms with Gasteiger partial charge in [-0.1, -0.05) is 48.9 Å². The van der Waals surface area contributed by atoms with Crippen molar-refractivity contribution in [3.63, 3.8) is 0 Å². The molecule has 0 aliphatic rings. The summed E-state index contributed by atoms with van der Waals surface area (Å²) < 4.78 is 0. The maximum Gasteiger partial charge on any atom is 0.0484 e. The van der Waals surface area contributed by atoms with Gasteiger partial charge in [0.2, 0.25) is 0 Å². The van der Waals surface area contributed by atoms with Crippen molar-refractivity contribution >= 4 is 22.4 Å². The Hall–Kier alpha value is -1.01. The molecule has 1 heteroatoms. The Morgan fingerprint density at radius 1 is 1.00 bits per heavy atom. The fourth-order valence-electron chi connectivity index (χ4n) is 1.75. The van der Waals surface area contributed by atoms with Crippen molar-refractivity contribution in [1.29, 1.82) is 0 Å². The Morgan fingerprint density at radius 3 is 2.50 bits per heavy atom. The van der Waals surface area contributed by atoms with E-state index in [2.05, 4.69) is 31.2 Å². The van der Waals surface area contributed by atoms with E-state index in [0.717, 1.165) is 23.3 Å². The molecule has 2 aromatic rings. The van der Waals surface area contributed by atoms with Crippen molar-refractivity contribution in [2.24, 2.45) is 0 Å². The lowest BCUT2D eigenvalue weighted by Gasteiger charge is -2.05. The predicted molar refractivity (Wildman–Crippen MR) is 62.6 cm³/mol. The van der Waals surface area contributed by atoms with Crippen molar-refractivity contribution in [3.8, 4) is 0 Å². The summed E-state index contributed by atoms with van der Waals surface area (Å²) in [6.07, 6.45) is 1.93. The minimum atomic E-state index is 0.827. The molecular formula is C13H12Cl. The Labute approximate surface area is 89.5 Å². The summed E-state index contributed by atoms with van der Waals surface area (Å²) in [7, 11) is 0. The number of aryl methyl sites for hydroxylation is 1. The monoisotopic (exact) mass is 203 g/mol. The lowest BCUT2D eigenvalue weighted by Crippen LogP contribution is -1.85. The van der Waals surface area contributed by atoms with Crippen molar-refractivity contribution in [3.05, 3.63) is 53.9 Å². The molecule has 14 heavy (non-hydrogen) atoms. The van der Waals surface area contributed by atoms with Gasteiger partial charge >= 0.3 is 0 Å². The quantitative estimate of drug-likeness (QED) is 0.684. The first kappa shape index (κ1) is 9.54. The molecule has 0 saturated carbocycles. The molecule has 0 aliphatic carbocycles. The fourth-order valence-corrected chi connectivity index (χ4v) is 1.98. The number of benzene rings is 2. The van der Waals surface area contributed by atoms with Crippen molar-refractivity contribution in [1.82, 2.24) is 0 Å². The van der Waals surface area contributed by atoms with Crippen LogP contribution in [-0.2, 0) is 6.42 Å². The largest absolute Gasteiger partial charge is 0.0837 e. The number of fused-ring (bicyclic) bond motifs is 1. The van der Waals surface area contributed by atoms with E-state index >= 15 is 0 Å². The smallest absolute Gasteiger partial charge is 0.0484 e. The van der Waals surface area contributed by atoms with Crippen LogP contribution in [0.15, 0.2) is 36.4 Å². The Kier molecular flexibility index (Phi) is 2.74. The van der Waals surface area contributed by atoms with Crippen molar-refractivity contribution < 1.29 is 0 Å². The summed E-state index contributed by atoms with van der Waals surface area (Å²) >= 11 is 6.11. The van der Waals surface area contributed by atoms with Crippen LogP contribution in [0.25, 0.3) is 10.8 Å². The van der Waals surface area contributed by atoms with Gasteiger partial charge in [0.1, 0.15) is 0 Å². The van der Waals surface area contributed by atoms with Crippen LogP contribution in [0, 0.1) is 6.92 Å². The molecule has 0 unspecified atom stereocenters. The maximum absolute atomic E-state index is 6.11. The number of hydrogen-bond donors (Lipinski definition) is 0. The SMILES string of the molecule is [CH2]CCc1cccc2c(Cl)cccc12. The van der Waals surface area contributed by atoms with E-state index in [1.807, 2.05) is 12.1 Å². The molecule has 0 aromatic heterocycles. The Morgan fingerprint density at radius 2 is 1.71 bits per heavy atom. The molecule has 0 fully saturated rings. The molecule has 0 spiro atoms. The van der Waals surface area contributed by atoms with Crippen molar-refractivity contribution in [2.45, 2.75) is 12.8 Å². The standard InChI is InChI=1S/C13H12Cl/c1-2-5-10-6-3-8-12-11(10)7-4-9-13(12)14/h3-4,6-9H,1-2,5H2. The first-order valence-corrected chi connectivity index (χ1v) is 5.16. The average Bonchev–Trinajstić information content (AvgIpc) is 2.20. The van der Waals surface area contributed by atoms with Gasteiger partial charge < -0.3 is 0 Å². The third kappa shape index (κ3) is 1.62. The third-order valence-electron chi connectivity index (χ3n) is 2.41. The fraction of sp³-hybridized carbons (Fsp3) is 0.154. The molecule has 0 amide bonds. The van der Waals surface area contributed by atoms with E-state index in [4.69, 9.17) is 11.6 Å². The Bertz CT molecular complexity index is 446. The van der Waals surface area contributed by atoms with Crippen LogP contribution in [0.2, 0.25) is 5.02 Å². The van der Waals surface area contributed by atoms with E-state index in [9.17, 15) is 0 Å². The molecule has 0 bridgehead atoms. The van der Waals surface area contributed by atoms with Gasteiger partial charge in [-0.25, -0.2) is 0 Å². The minimum absolute atomic E-state index is 0.827. The number of rotatable bonds is 2. The second kappa shape index (κ2) is 4.02. The molecule has 0 aliphatic heterocycles. The van der Waals surface area contributed by atoms with Crippen molar-refractivity contribution in [2.75, 3.05) is 0 Å². The summed E-state index contributed by atoms with van der Waals surface area (Å²) in [4.78, 5) is 0. The highest BCUT2D eigenvalue weighted by Gasteiger charge is 2.01. The van der Waals surface area contributed by atoms with Gasteiger partial charge in [0.25, 0.3) is 0 Å². The van der Waals surface area contributed by atoms with Gasteiger partial charge in [-0.3, -0.25) is 0 Å². The van der Waals surface area contributed by atoms with Gasteiger partial charge in [-0.05, 0) is 29.9 Å². The van der Waals surface area contributed by atoms with E-state index in [0.29, 0.717) is 0 Å². The maximum atomic E-state index is 6.11. The lowest BCUT2D eigenvalue weighted by atomic mass is 10.0. The summed E-state index contributed by atoms with van der Waals surface area (Å²) in [5.74, 6) is 0. The molecule has 0 heterocycles. The summed E-state index contributed by atoms with van der Waals surface area (Å²) in [5.41, 5.74) is 1.33. The van der Waals surface area contributed by atoms with E-state index in [-0.39, 0.29) is 0 Å². The number of halogens is 1. The van der Waals surface area contributed by atoms with Crippen LogP contribution in [-0.4, -0.2) is 0 Å². The summed E-state index contributed by atoms with van der Waals surface area (Å²) in [5, 5.41) is 3.22. The number of hydrogen-bond acceptors (Lipinski definition) is 0. The molecule has 71 valence electrons. The average molecular weight is 204 g/mol. The second-order valence-electron chi connectivity index (χ2n) is 3.36. The van der Waals surface area contributed by atoms with Gasteiger partial charge in [0.05, 0.1) is 0 Å². The van der Waals surface area contributed by atoms with E-state index < -0.39 is 0 Å². The van der Waals surface area contributed by atoms with E-state index in [1.54, 1.807) is 0 Å². The first-order chi connectivity index (χ1) is 6.83. The van der Waals surface area contributed by atoms with Gasteiger partial charge in [-0.15, -0.1) is 0 Å². The molecule has 0 saturated heterocycles. The minimum Gasteiger partial charge on any atom is -0.0837 e. The predicted octanol–water partition coefficient (Wildman–Crippen LogP) is 4.26. The third-order valence-corrected chi connectivity index (χ3v) is 2.73.